The molecule has 2 nitrogen and oxygen atoms in total. The van der Waals surface area contributed by atoms with Crippen molar-refractivity contribution in [3.8, 4) is 6.07 Å². The van der Waals surface area contributed by atoms with Crippen molar-refractivity contribution in [2.24, 2.45) is 0 Å². The van der Waals surface area contributed by atoms with E-state index in [1.165, 1.54) is 5.70 Å². The fourth-order valence-corrected chi connectivity index (χ4v) is 2.83. The van der Waals surface area contributed by atoms with Crippen molar-refractivity contribution in [1.29, 1.82) is 5.26 Å². The number of fused-ring (bicyclic) bond motifs is 1. The second kappa shape index (κ2) is 4.86. The largest absolute Gasteiger partial charge is 0.380 e. The quantitative estimate of drug-likeness (QED) is 0.821. The van der Waals surface area contributed by atoms with Gasteiger partial charge in [0.25, 0.3) is 0 Å². The highest BCUT2D eigenvalue weighted by atomic mass is 15.1. The molecule has 0 bridgehead atoms. The number of nitriles is 1. The number of rotatable bonds is 2. The topological polar surface area (TPSA) is 27.0 Å². The van der Waals surface area contributed by atoms with Gasteiger partial charge >= 0.3 is 0 Å². The highest BCUT2D eigenvalue weighted by Crippen LogP contribution is 2.35. The van der Waals surface area contributed by atoms with Crippen molar-refractivity contribution >= 4 is 10.8 Å². The Balaban J connectivity index is 2.21. The molecule has 1 aliphatic rings. The summed E-state index contributed by atoms with van der Waals surface area (Å²) in [4.78, 5) is 2.11. The molecule has 0 fully saturated rings. The molecule has 1 unspecified atom stereocenters. The van der Waals surface area contributed by atoms with E-state index in [1.54, 1.807) is 0 Å². The van der Waals surface area contributed by atoms with Crippen LogP contribution in [0, 0.1) is 11.3 Å². The Hall–Kier alpha value is -2.53. The zero-order chi connectivity index (χ0) is 14.1. The predicted octanol–water partition coefficient (Wildman–Crippen LogP) is 3.81. The standard InChI is InChI=1S/C18H16N2/c1-20(2)18-9-5-8-16(18)15-11-10-13-6-3-4-7-14(13)17(15)12-19/h3-11,16H,1-2H3. The summed E-state index contributed by atoms with van der Waals surface area (Å²) in [5.41, 5.74) is 3.09. The van der Waals surface area contributed by atoms with Gasteiger partial charge in [-0.25, -0.2) is 0 Å². The van der Waals surface area contributed by atoms with Crippen molar-refractivity contribution in [2.75, 3.05) is 14.1 Å². The fraction of sp³-hybridized carbons (Fsp3) is 0.167. The summed E-state index contributed by atoms with van der Waals surface area (Å²) in [5, 5.41) is 11.7. The summed E-state index contributed by atoms with van der Waals surface area (Å²) in [6.45, 7) is 0. The normalized spacial score (nSPS) is 17.1. The van der Waals surface area contributed by atoms with Crippen LogP contribution in [0.2, 0.25) is 0 Å². The van der Waals surface area contributed by atoms with E-state index in [-0.39, 0.29) is 5.92 Å². The van der Waals surface area contributed by atoms with Crippen molar-refractivity contribution in [1.82, 2.24) is 4.90 Å². The Morgan fingerprint density at radius 3 is 2.65 bits per heavy atom. The lowest BCUT2D eigenvalue weighted by Crippen LogP contribution is -2.16. The van der Waals surface area contributed by atoms with Crippen LogP contribution in [0.3, 0.4) is 0 Å². The second-order valence-electron chi connectivity index (χ2n) is 5.21. The van der Waals surface area contributed by atoms with Crippen LogP contribution in [0.5, 0.6) is 0 Å². The maximum Gasteiger partial charge on any atom is 0.100 e. The van der Waals surface area contributed by atoms with Crippen LogP contribution in [-0.4, -0.2) is 19.0 Å². The number of nitrogens with zero attached hydrogens (tertiary/aromatic N) is 2. The fourth-order valence-electron chi connectivity index (χ4n) is 2.83. The first-order chi connectivity index (χ1) is 9.72. The van der Waals surface area contributed by atoms with E-state index in [9.17, 15) is 5.26 Å². The molecule has 3 rings (SSSR count). The van der Waals surface area contributed by atoms with E-state index >= 15 is 0 Å². The highest BCUT2D eigenvalue weighted by molar-refractivity contribution is 5.89. The first kappa shape index (κ1) is 12.5. The minimum atomic E-state index is 0.171. The highest BCUT2D eigenvalue weighted by Gasteiger charge is 2.22. The molecule has 2 aromatic rings. The summed E-state index contributed by atoms with van der Waals surface area (Å²) < 4.78 is 0. The molecule has 2 heteroatoms. The predicted molar refractivity (Wildman–Crippen MR) is 82.3 cm³/mol. The van der Waals surface area contributed by atoms with Gasteiger partial charge < -0.3 is 4.90 Å². The molecule has 0 spiro atoms. The zero-order valence-corrected chi connectivity index (χ0v) is 11.7. The van der Waals surface area contributed by atoms with Gasteiger partial charge in [-0.2, -0.15) is 5.26 Å². The third-order valence-electron chi connectivity index (χ3n) is 3.81. The summed E-state index contributed by atoms with van der Waals surface area (Å²) in [7, 11) is 4.08. The SMILES string of the molecule is CN(C)C1=CC=CC1c1ccc2ccccc2c1C#N. The Kier molecular flexibility index (Phi) is 3.04. The van der Waals surface area contributed by atoms with Gasteiger partial charge in [0.2, 0.25) is 0 Å². The Morgan fingerprint density at radius 2 is 1.90 bits per heavy atom. The Morgan fingerprint density at radius 1 is 1.10 bits per heavy atom. The zero-order valence-electron chi connectivity index (χ0n) is 11.7. The molecule has 0 radical (unpaired) electrons. The van der Waals surface area contributed by atoms with E-state index in [1.807, 2.05) is 38.4 Å². The molecule has 1 aliphatic carbocycles. The van der Waals surface area contributed by atoms with Gasteiger partial charge in [-0.3, -0.25) is 0 Å². The Labute approximate surface area is 119 Å². The van der Waals surface area contributed by atoms with E-state index in [0.29, 0.717) is 0 Å². The lowest BCUT2D eigenvalue weighted by atomic mass is 9.90. The van der Waals surface area contributed by atoms with E-state index in [2.05, 4.69) is 41.3 Å². The minimum Gasteiger partial charge on any atom is -0.380 e. The summed E-state index contributed by atoms with van der Waals surface area (Å²) in [6, 6.07) is 14.6. The number of benzene rings is 2. The molecule has 0 aromatic heterocycles. The van der Waals surface area contributed by atoms with Crippen LogP contribution in [0.25, 0.3) is 10.8 Å². The maximum atomic E-state index is 9.59. The van der Waals surface area contributed by atoms with Crippen LogP contribution < -0.4 is 0 Å². The Bertz CT molecular complexity index is 761. The third-order valence-corrected chi connectivity index (χ3v) is 3.81. The van der Waals surface area contributed by atoms with Gasteiger partial charge in [-0.15, -0.1) is 0 Å². The third kappa shape index (κ3) is 1.88. The molecule has 0 heterocycles. The summed E-state index contributed by atoms with van der Waals surface area (Å²) >= 11 is 0. The van der Waals surface area contributed by atoms with Crippen LogP contribution in [0.1, 0.15) is 17.0 Å². The first-order valence-electron chi connectivity index (χ1n) is 6.70. The summed E-state index contributed by atoms with van der Waals surface area (Å²) in [5.74, 6) is 0.171. The smallest absolute Gasteiger partial charge is 0.100 e. The monoisotopic (exact) mass is 260 g/mol. The van der Waals surface area contributed by atoms with Gasteiger partial charge in [-0.1, -0.05) is 48.6 Å². The molecule has 0 saturated heterocycles. The van der Waals surface area contributed by atoms with Crippen molar-refractivity contribution in [3.05, 3.63) is 71.5 Å². The van der Waals surface area contributed by atoms with Crippen molar-refractivity contribution < 1.29 is 0 Å². The van der Waals surface area contributed by atoms with Gasteiger partial charge in [0, 0.05) is 25.7 Å². The van der Waals surface area contributed by atoms with Crippen LogP contribution in [0.4, 0.5) is 0 Å². The van der Waals surface area contributed by atoms with Crippen molar-refractivity contribution in [2.45, 2.75) is 5.92 Å². The molecule has 0 N–H and O–H groups in total. The van der Waals surface area contributed by atoms with E-state index in [4.69, 9.17) is 0 Å². The average molecular weight is 260 g/mol. The maximum absolute atomic E-state index is 9.59. The van der Waals surface area contributed by atoms with Gasteiger partial charge in [0.1, 0.15) is 6.07 Å². The van der Waals surface area contributed by atoms with E-state index < -0.39 is 0 Å². The minimum absolute atomic E-state index is 0.171. The summed E-state index contributed by atoms with van der Waals surface area (Å²) in [6.07, 6.45) is 6.33. The van der Waals surface area contributed by atoms with Crippen LogP contribution in [-0.2, 0) is 0 Å². The van der Waals surface area contributed by atoms with Gasteiger partial charge in [0.05, 0.1) is 5.56 Å². The second-order valence-corrected chi connectivity index (χ2v) is 5.21. The molecule has 0 saturated carbocycles. The van der Waals surface area contributed by atoms with Gasteiger partial charge in [-0.05, 0) is 22.4 Å². The van der Waals surface area contributed by atoms with Gasteiger partial charge in [0.15, 0.2) is 0 Å². The number of likely N-dealkylation sites (N-methyl/N-ethyl adjacent to an activating group) is 1. The lowest BCUT2D eigenvalue weighted by Gasteiger charge is -2.23. The molecular weight excluding hydrogens is 244 g/mol. The number of hydrogen-bond acceptors (Lipinski definition) is 2. The molecule has 98 valence electrons. The van der Waals surface area contributed by atoms with Crippen LogP contribution in [0.15, 0.2) is 60.3 Å². The lowest BCUT2D eigenvalue weighted by molar-refractivity contribution is 0.487. The van der Waals surface area contributed by atoms with Crippen LogP contribution >= 0.6 is 0 Å². The molecule has 1 atom stereocenters. The molecule has 2 aromatic carbocycles. The average Bonchev–Trinajstić information content (AvgIpc) is 2.95. The van der Waals surface area contributed by atoms with E-state index in [0.717, 1.165) is 21.9 Å². The molecule has 0 aliphatic heterocycles. The number of allylic oxidation sites excluding steroid dienone is 3. The molecule has 0 amide bonds. The first-order valence-corrected chi connectivity index (χ1v) is 6.70. The van der Waals surface area contributed by atoms with Crippen molar-refractivity contribution in [3.63, 3.8) is 0 Å². The molecule has 20 heavy (non-hydrogen) atoms. The number of hydrogen-bond donors (Lipinski definition) is 0. The molecular formula is C18H16N2.